The molecular weight excluding hydrogens is 206 g/mol. The average molecular weight is 227 g/mol. The van der Waals surface area contributed by atoms with E-state index in [0.29, 0.717) is 19.4 Å². The Bertz CT molecular complexity index is 268. The first-order chi connectivity index (χ1) is 7.54. The van der Waals surface area contributed by atoms with Crippen LogP contribution >= 0.6 is 0 Å². The summed E-state index contributed by atoms with van der Waals surface area (Å²) >= 11 is 0. The van der Waals surface area contributed by atoms with Crippen LogP contribution in [0.3, 0.4) is 0 Å². The molecule has 0 aromatic carbocycles. The van der Waals surface area contributed by atoms with E-state index >= 15 is 0 Å². The van der Waals surface area contributed by atoms with E-state index in [1.165, 1.54) is 0 Å². The van der Waals surface area contributed by atoms with Gasteiger partial charge in [0.2, 0.25) is 11.8 Å². The predicted molar refractivity (Wildman–Crippen MR) is 61.7 cm³/mol. The molecule has 0 aromatic rings. The van der Waals surface area contributed by atoms with Crippen LogP contribution in [0.25, 0.3) is 0 Å². The van der Waals surface area contributed by atoms with Crippen LogP contribution in [-0.4, -0.2) is 41.9 Å². The number of hydrogen-bond donors (Lipinski definition) is 2. The second kappa shape index (κ2) is 5.84. The van der Waals surface area contributed by atoms with Crippen molar-refractivity contribution >= 4 is 11.8 Å². The van der Waals surface area contributed by atoms with E-state index in [0.717, 1.165) is 13.0 Å². The molecule has 16 heavy (non-hydrogen) atoms. The van der Waals surface area contributed by atoms with E-state index in [-0.39, 0.29) is 17.9 Å². The van der Waals surface area contributed by atoms with Gasteiger partial charge in [0.15, 0.2) is 0 Å². The molecular formula is C11H21N3O2. The molecule has 1 heterocycles. The van der Waals surface area contributed by atoms with Crippen molar-refractivity contribution in [2.45, 2.75) is 45.2 Å². The number of rotatable bonds is 5. The van der Waals surface area contributed by atoms with Crippen molar-refractivity contribution in [3.05, 3.63) is 0 Å². The van der Waals surface area contributed by atoms with Crippen molar-refractivity contribution in [3.63, 3.8) is 0 Å². The summed E-state index contributed by atoms with van der Waals surface area (Å²) in [6.07, 6.45) is 2.18. The summed E-state index contributed by atoms with van der Waals surface area (Å²) in [5.41, 5.74) is 5.61. The lowest BCUT2D eigenvalue weighted by Gasteiger charge is -2.22. The Hall–Kier alpha value is -1.10. The van der Waals surface area contributed by atoms with Crippen LogP contribution in [0.1, 0.15) is 33.1 Å². The normalized spacial score (nSPS) is 19.7. The topological polar surface area (TPSA) is 75.4 Å². The summed E-state index contributed by atoms with van der Waals surface area (Å²) in [6, 6.07) is -0.483. The Labute approximate surface area is 96.4 Å². The number of carbonyl (C=O) groups is 2. The molecule has 5 heteroatoms. The van der Waals surface area contributed by atoms with Crippen LogP contribution in [0.2, 0.25) is 0 Å². The van der Waals surface area contributed by atoms with Gasteiger partial charge < -0.3 is 16.0 Å². The van der Waals surface area contributed by atoms with Crippen molar-refractivity contribution in [2.75, 3.05) is 13.1 Å². The van der Waals surface area contributed by atoms with Gasteiger partial charge in [0, 0.05) is 25.6 Å². The van der Waals surface area contributed by atoms with Crippen LogP contribution in [-0.2, 0) is 9.59 Å². The summed E-state index contributed by atoms with van der Waals surface area (Å²) in [6.45, 7) is 5.16. The highest BCUT2D eigenvalue weighted by atomic mass is 16.2. The third-order valence-corrected chi connectivity index (χ3v) is 2.83. The number of likely N-dealkylation sites (tertiary alicyclic amines) is 1. The van der Waals surface area contributed by atoms with Crippen LogP contribution in [0.5, 0.6) is 0 Å². The zero-order valence-corrected chi connectivity index (χ0v) is 10.0. The second-order valence-corrected chi connectivity index (χ2v) is 4.37. The summed E-state index contributed by atoms with van der Waals surface area (Å²) < 4.78 is 0. The summed E-state index contributed by atoms with van der Waals surface area (Å²) in [7, 11) is 0. The molecule has 0 bridgehead atoms. The number of nitrogens with one attached hydrogen (secondary N) is 1. The molecule has 1 saturated heterocycles. The van der Waals surface area contributed by atoms with E-state index in [1.807, 2.05) is 13.8 Å². The molecule has 2 amide bonds. The predicted octanol–water partition coefficient (Wildman–Crippen LogP) is -0.149. The van der Waals surface area contributed by atoms with Gasteiger partial charge in [0.05, 0.1) is 6.04 Å². The Morgan fingerprint density at radius 3 is 2.81 bits per heavy atom. The molecule has 5 nitrogen and oxygen atoms in total. The molecule has 92 valence electrons. The first kappa shape index (κ1) is 13.0. The fourth-order valence-corrected chi connectivity index (χ4v) is 1.81. The Morgan fingerprint density at radius 2 is 2.31 bits per heavy atom. The summed E-state index contributed by atoms with van der Waals surface area (Å²) in [4.78, 5) is 24.7. The molecule has 0 radical (unpaired) electrons. The highest BCUT2D eigenvalue weighted by molar-refractivity contribution is 5.82. The van der Waals surface area contributed by atoms with Gasteiger partial charge in [-0.1, -0.05) is 6.92 Å². The quantitative estimate of drug-likeness (QED) is 0.686. The number of amides is 2. The third-order valence-electron chi connectivity index (χ3n) is 2.83. The molecule has 0 aliphatic carbocycles. The lowest BCUT2D eigenvalue weighted by atomic mass is 10.2. The molecule has 1 aliphatic rings. The number of nitrogens with two attached hydrogens (primary N) is 1. The minimum Gasteiger partial charge on any atom is -0.351 e. The van der Waals surface area contributed by atoms with Crippen LogP contribution < -0.4 is 11.1 Å². The minimum atomic E-state index is -0.447. The van der Waals surface area contributed by atoms with Gasteiger partial charge in [0.25, 0.3) is 0 Å². The fourth-order valence-electron chi connectivity index (χ4n) is 1.81. The second-order valence-electron chi connectivity index (χ2n) is 4.37. The molecule has 0 spiro atoms. The smallest absolute Gasteiger partial charge is 0.237 e. The van der Waals surface area contributed by atoms with Gasteiger partial charge in [-0.05, 0) is 19.8 Å². The largest absolute Gasteiger partial charge is 0.351 e. The van der Waals surface area contributed by atoms with Gasteiger partial charge in [-0.2, -0.15) is 0 Å². The van der Waals surface area contributed by atoms with Gasteiger partial charge in [-0.15, -0.1) is 0 Å². The van der Waals surface area contributed by atoms with Crippen molar-refractivity contribution < 1.29 is 9.59 Å². The van der Waals surface area contributed by atoms with Crippen LogP contribution in [0.15, 0.2) is 0 Å². The maximum Gasteiger partial charge on any atom is 0.237 e. The van der Waals surface area contributed by atoms with Gasteiger partial charge in [0.1, 0.15) is 0 Å². The molecule has 0 aromatic heterocycles. The monoisotopic (exact) mass is 227 g/mol. The van der Waals surface area contributed by atoms with Crippen molar-refractivity contribution in [2.24, 2.45) is 5.73 Å². The number of nitrogens with zero attached hydrogens (tertiary/aromatic N) is 1. The number of hydrogen-bond acceptors (Lipinski definition) is 3. The van der Waals surface area contributed by atoms with E-state index in [1.54, 1.807) is 4.90 Å². The van der Waals surface area contributed by atoms with E-state index in [9.17, 15) is 9.59 Å². The molecule has 0 saturated carbocycles. The first-order valence-electron chi connectivity index (χ1n) is 5.88. The Balaban J connectivity index is 2.32. The fraction of sp³-hybridized carbons (Fsp3) is 0.818. The third kappa shape index (κ3) is 3.48. The van der Waals surface area contributed by atoms with Crippen molar-refractivity contribution in [1.29, 1.82) is 0 Å². The summed E-state index contributed by atoms with van der Waals surface area (Å²) in [5, 5.41) is 2.82. The highest BCUT2D eigenvalue weighted by Gasteiger charge is 2.23. The maximum absolute atomic E-state index is 11.5. The molecule has 1 fully saturated rings. The molecule has 1 aliphatic heterocycles. The minimum absolute atomic E-state index is 0.0350. The maximum atomic E-state index is 11.5. The zero-order chi connectivity index (χ0) is 12.1. The van der Waals surface area contributed by atoms with Crippen molar-refractivity contribution in [3.8, 4) is 0 Å². The van der Waals surface area contributed by atoms with E-state index in [4.69, 9.17) is 5.73 Å². The van der Waals surface area contributed by atoms with E-state index in [2.05, 4.69) is 5.32 Å². The highest BCUT2D eigenvalue weighted by Crippen LogP contribution is 2.09. The van der Waals surface area contributed by atoms with Gasteiger partial charge in [-0.3, -0.25) is 9.59 Å². The number of carbonyl (C=O) groups excluding carboxylic acids is 2. The molecule has 1 rings (SSSR count). The standard InChI is InChI=1S/C11H21N3O2/c1-3-9(12)11(16)13-8(2)7-14-6-4-5-10(14)15/h8-9H,3-7,12H2,1-2H3,(H,13,16)/t8?,9-/m0/s1. The average Bonchev–Trinajstić information content (AvgIpc) is 2.63. The van der Waals surface area contributed by atoms with E-state index < -0.39 is 6.04 Å². The van der Waals surface area contributed by atoms with Crippen molar-refractivity contribution in [1.82, 2.24) is 10.2 Å². The zero-order valence-electron chi connectivity index (χ0n) is 10.0. The first-order valence-corrected chi connectivity index (χ1v) is 5.88. The SMILES string of the molecule is CC[C@H](N)C(=O)NC(C)CN1CCCC1=O. The Kier molecular flexibility index (Phi) is 4.73. The van der Waals surface area contributed by atoms with Crippen LogP contribution in [0.4, 0.5) is 0 Å². The van der Waals surface area contributed by atoms with Gasteiger partial charge in [-0.25, -0.2) is 0 Å². The Morgan fingerprint density at radius 1 is 1.62 bits per heavy atom. The lowest BCUT2D eigenvalue weighted by Crippen LogP contribution is -2.48. The molecule has 2 atom stereocenters. The molecule has 3 N–H and O–H groups in total. The summed E-state index contributed by atoms with van der Waals surface area (Å²) in [5.74, 6) is 0.0440. The van der Waals surface area contributed by atoms with Gasteiger partial charge >= 0.3 is 0 Å². The lowest BCUT2D eigenvalue weighted by molar-refractivity contribution is -0.129. The van der Waals surface area contributed by atoms with Crippen LogP contribution in [0, 0.1) is 0 Å². The molecule has 1 unspecified atom stereocenters.